The Bertz CT molecular complexity index is 1190. The number of ether oxygens (including phenoxy) is 1. The number of thiocarbonyl (C=S) groups is 1. The molecule has 2 aromatic heterocycles. The van der Waals surface area contributed by atoms with E-state index < -0.39 is 0 Å². The number of rotatable bonds is 7. The van der Waals surface area contributed by atoms with E-state index in [1.165, 1.54) is 0 Å². The number of aromatic nitrogens is 4. The highest BCUT2D eigenvalue weighted by Crippen LogP contribution is 2.16. The van der Waals surface area contributed by atoms with E-state index >= 15 is 0 Å². The molecule has 0 aliphatic heterocycles. The number of methoxy groups -OCH3 is 1. The first kappa shape index (κ1) is 20.9. The number of benzene rings is 2. The van der Waals surface area contributed by atoms with Crippen molar-refractivity contribution >= 4 is 40.3 Å². The van der Waals surface area contributed by atoms with Crippen LogP contribution in [0.25, 0.3) is 0 Å². The minimum absolute atomic E-state index is 0.461. The summed E-state index contributed by atoms with van der Waals surface area (Å²) in [5.74, 6) is 0.823. The monoisotopic (exact) mass is 452 g/mol. The van der Waals surface area contributed by atoms with Crippen LogP contribution in [0.5, 0.6) is 5.75 Å². The van der Waals surface area contributed by atoms with Gasteiger partial charge in [-0.15, -0.1) is 0 Å². The lowest BCUT2D eigenvalue weighted by Gasteiger charge is -2.07. The molecule has 0 amide bonds. The quantitative estimate of drug-likeness (QED) is 0.398. The lowest BCUT2D eigenvalue weighted by molar-refractivity contribution is 0.414. The minimum atomic E-state index is 0.461. The van der Waals surface area contributed by atoms with Crippen molar-refractivity contribution in [2.24, 2.45) is 0 Å². The molecule has 0 unspecified atom stereocenters. The number of halogens is 1. The minimum Gasteiger partial charge on any atom is -0.497 e. The lowest BCUT2D eigenvalue weighted by Crippen LogP contribution is -2.18. The Labute approximate surface area is 190 Å². The Balaban J connectivity index is 1.31. The lowest BCUT2D eigenvalue weighted by atomic mass is 10.2. The van der Waals surface area contributed by atoms with Gasteiger partial charge in [-0.25, -0.2) is 0 Å². The zero-order valence-electron chi connectivity index (χ0n) is 16.8. The van der Waals surface area contributed by atoms with E-state index in [4.69, 9.17) is 28.6 Å². The van der Waals surface area contributed by atoms with Crippen molar-refractivity contribution in [1.29, 1.82) is 0 Å². The van der Waals surface area contributed by atoms with E-state index in [0.29, 0.717) is 23.2 Å². The van der Waals surface area contributed by atoms with Crippen molar-refractivity contribution in [2.45, 2.75) is 13.1 Å². The highest BCUT2D eigenvalue weighted by molar-refractivity contribution is 7.80. The third kappa shape index (κ3) is 5.84. The molecule has 0 atom stereocenters. The number of hydrogen-bond acceptors (Lipinski definition) is 4. The largest absolute Gasteiger partial charge is 0.497 e. The first-order chi connectivity index (χ1) is 15.1. The van der Waals surface area contributed by atoms with Gasteiger partial charge in [-0.05, 0) is 47.6 Å². The molecule has 9 heteroatoms. The molecule has 2 heterocycles. The van der Waals surface area contributed by atoms with Crippen molar-refractivity contribution in [1.82, 2.24) is 19.6 Å². The highest BCUT2D eigenvalue weighted by atomic mass is 35.5. The van der Waals surface area contributed by atoms with Crippen molar-refractivity contribution in [3.63, 3.8) is 0 Å². The fourth-order valence-corrected chi connectivity index (χ4v) is 3.55. The molecule has 0 spiro atoms. The molecule has 0 aliphatic carbocycles. The standard InChI is InChI=1S/C22H21ClN6OS/c1-30-21-7-3-5-17(9-21)13-29-15-20(11-25-29)27-22(31)26-19-10-24-28(14-19)12-16-4-2-6-18(23)8-16/h2-11,14-15H,12-13H2,1H3,(H2,26,27,31). The first-order valence-electron chi connectivity index (χ1n) is 9.58. The van der Waals surface area contributed by atoms with Gasteiger partial charge in [-0.2, -0.15) is 10.2 Å². The van der Waals surface area contributed by atoms with Crippen molar-refractivity contribution in [2.75, 3.05) is 17.7 Å². The van der Waals surface area contributed by atoms with E-state index in [1.807, 2.05) is 70.3 Å². The highest BCUT2D eigenvalue weighted by Gasteiger charge is 2.06. The van der Waals surface area contributed by atoms with Crippen LogP contribution in [0.1, 0.15) is 11.1 Å². The normalized spacial score (nSPS) is 10.6. The summed E-state index contributed by atoms with van der Waals surface area (Å²) in [7, 11) is 1.66. The third-order valence-corrected chi connectivity index (χ3v) is 4.93. The summed E-state index contributed by atoms with van der Waals surface area (Å²) in [5, 5.41) is 16.2. The molecule has 0 fully saturated rings. The van der Waals surface area contributed by atoms with Crippen LogP contribution in [0.2, 0.25) is 5.02 Å². The Kier molecular flexibility index (Phi) is 6.49. The van der Waals surface area contributed by atoms with Gasteiger partial charge in [0, 0.05) is 17.4 Å². The molecule has 0 saturated carbocycles. The summed E-state index contributed by atoms with van der Waals surface area (Å²) in [4.78, 5) is 0. The van der Waals surface area contributed by atoms with Crippen LogP contribution in [-0.2, 0) is 13.1 Å². The topological polar surface area (TPSA) is 68.9 Å². The van der Waals surface area contributed by atoms with Crippen LogP contribution < -0.4 is 15.4 Å². The molecular formula is C22H21ClN6OS. The molecule has 0 saturated heterocycles. The Morgan fingerprint density at radius 3 is 2.10 bits per heavy atom. The van der Waals surface area contributed by atoms with Crippen molar-refractivity contribution in [3.05, 3.63) is 89.5 Å². The molecule has 158 valence electrons. The van der Waals surface area contributed by atoms with E-state index in [1.54, 1.807) is 19.5 Å². The summed E-state index contributed by atoms with van der Waals surface area (Å²) in [6.07, 6.45) is 7.25. The smallest absolute Gasteiger partial charge is 0.175 e. The number of anilines is 2. The van der Waals surface area contributed by atoms with Gasteiger partial charge in [0.15, 0.2) is 5.11 Å². The summed E-state index contributed by atoms with van der Waals surface area (Å²) in [6, 6.07) is 15.6. The van der Waals surface area contributed by atoms with E-state index in [9.17, 15) is 0 Å². The van der Waals surface area contributed by atoms with Gasteiger partial charge in [0.1, 0.15) is 5.75 Å². The molecule has 31 heavy (non-hydrogen) atoms. The number of nitrogens with zero attached hydrogens (tertiary/aromatic N) is 4. The van der Waals surface area contributed by atoms with Crippen LogP contribution in [0.3, 0.4) is 0 Å². The van der Waals surface area contributed by atoms with Crippen molar-refractivity contribution in [3.8, 4) is 5.75 Å². The molecule has 0 bridgehead atoms. The second-order valence-corrected chi connectivity index (χ2v) is 7.76. The zero-order valence-corrected chi connectivity index (χ0v) is 18.4. The Morgan fingerprint density at radius 2 is 1.52 bits per heavy atom. The van der Waals surface area contributed by atoms with E-state index in [2.05, 4.69) is 20.8 Å². The second-order valence-electron chi connectivity index (χ2n) is 6.91. The van der Waals surface area contributed by atoms with Gasteiger partial charge in [0.25, 0.3) is 0 Å². The molecule has 0 radical (unpaired) electrons. The summed E-state index contributed by atoms with van der Waals surface area (Å²) >= 11 is 11.5. The fraction of sp³-hybridized carbons (Fsp3) is 0.136. The maximum Gasteiger partial charge on any atom is 0.175 e. The maximum absolute atomic E-state index is 6.04. The molecular weight excluding hydrogens is 432 g/mol. The Hall–Kier alpha value is -3.36. The first-order valence-corrected chi connectivity index (χ1v) is 10.4. The predicted octanol–water partition coefficient (Wildman–Crippen LogP) is 4.65. The SMILES string of the molecule is COc1cccc(Cn2cc(NC(=S)Nc3cnn(Cc4cccc(Cl)c4)c3)cn2)c1. The summed E-state index contributed by atoms with van der Waals surface area (Å²) < 4.78 is 8.93. The van der Waals surface area contributed by atoms with Crippen LogP contribution in [0.15, 0.2) is 73.3 Å². The van der Waals surface area contributed by atoms with E-state index in [0.717, 1.165) is 28.3 Å². The molecule has 0 aliphatic rings. The van der Waals surface area contributed by atoms with Crippen molar-refractivity contribution < 1.29 is 4.74 Å². The molecule has 7 nitrogen and oxygen atoms in total. The zero-order chi connectivity index (χ0) is 21.6. The summed E-state index contributed by atoms with van der Waals surface area (Å²) in [5.41, 5.74) is 3.77. The molecule has 2 N–H and O–H groups in total. The Morgan fingerprint density at radius 1 is 0.935 bits per heavy atom. The van der Waals surface area contributed by atoms with Gasteiger partial charge < -0.3 is 15.4 Å². The van der Waals surface area contributed by atoms with E-state index in [-0.39, 0.29) is 0 Å². The second kappa shape index (κ2) is 9.63. The average molecular weight is 453 g/mol. The van der Waals surface area contributed by atoms with Gasteiger partial charge >= 0.3 is 0 Å². The van der Waals surface area contributed by atoms with Crippen LogP contribution in [-0.4, -0.2) is 31.8 Å². The van der Waals surface area contributed by atoms with Gasteiger partial charge in [-0.3, -0.25) is 9.36 Å². The van der Waals surface area contributed by atoms with Gasteiger partial charge in [0.05, 0.1) is 44.0 Å². The van der Waals surface area contributed by atoms with Crippen LogP contribution >= 0.6 is 23.8 Å². The fourth-order valence-electron chi connectivity index (χ4n) is 3.10. The summed E-state index contributed by atoms with van der Waals surface area (Å²) in [6.45, 7) is 1.26. The molecule has 4 aromatic rings. The number of hydrogen-bond donors (Lipinski definition) is 2. The maximum atomic E-state index is 6.04. The molecule has 4 rings (SSSR count). The van der Waals surface area contributed by atoms with Gasteiger partial charge in [0.2, 0.25) is 0 Å². The molecule has 2 aromatic carbocycles. The third-order valence-electron chi connectivity index (χ3n) is 4.49. The average Bonchev–Trinajstić information content (AvgIpc) is 3.37. The van der Waals surface area contributed by atoms with Crippen LogP contribution in [0, 0.1) is 0 Å². The predicted molar refractivity (Wildman–Crippen MR) is 127 cm³/mol. The van der Waals surface area contributed by atoms with Gasteiger partial charge in [-0.1, -0.05) is 35.9 Å². The number of nitrogens with one attached hydrogen (secondary N) is 2. The van der Waals surface area contributed by atoms with Crippen LogP contribution in [0.4, 0.5) is 11.4 Å².